The third-order valence-corrected chi connectivity index (χ3v) is 8.45. The van der Waals surface area contributed by atoms with Crippen LogP contribution in [-0.4, -0.2) is 55.2 Å². The Kier molecular flexibility index (Phi) is 5.72. The lowest BCUT2D eigenvalue weighted by atomic mass is 9.97. The molecule has 0 spiro atoms. The van der Waals surface area contributed by atoms with Gasteiger partial charge in [0.25, 0.3) is 0 Å². The maximum absolute atomic E-state index is 13.1. The first-order chi connectivity index (χ1) is 16.2. The predicted octanol–water partition coefficient (Wildman–Crippen LogP) is 4.51. The molecule has 33 heavy (non-hydrogen) atoms. The fourth-order valence-corrected chi connectivity index (χ4v) is 6.57. The van der Waals surface area contributed by atoms with Crippen molar-refractivity contribution in [1.29, 1.82) is 0 Å². The Balaban J connectivity index is 1.05. The number of rotatable bonds is 5. The predicted molar refractivity (Wildman–Crippen MR) is 131 cm³/mol. The molecule has 0 saturated carbocycles. The van der Waals surface area contributed by atoms with Crippen molar-refractivity contribution in [1.82, 2.24) is 9.80 Å². The largest absolute Gasteiger partial charge is 0.454 e. The van der Waals surface area contributed by atoms with Crippen LogP contribution in [0.2, 0.25) is 0 Å². The molecule has 6 heteroatoms. The van der Waals surface area contributed by atoms with Crippen molar-refractivity contribution in [2.24, 2.45) is 5.92 Å². The van der Waals surface area contributed by atoms with E-state index in [9.17, 15) is 4.79 Å². The molecule has 4 heterocycles. The number of carbonyl (C=O) groups is 1. The summed E-state index contributed by atoms with van der Waals surface area (Å²) in [6, 6.07) is 15.1. The molecule has 1 aromatic heterocycles. The second kappa shape index (κ2) is 8.99. The lowest BCUT2D eigenvalue weighted by molar-refractivity contribution is -0.131. The first-order valence-corrected chi connectivity index (χ1v) is 12.9. The van der Waals surface area contributed by atoms with E-state index in [0.717, 1.165) is 56.1 Å². The Morgan fingerprint density at radius 3 is 2.76 bits per heavy atom. The lowest BCUT2D eigenvalue weighted by Crippen LogP contribution is -2.43. The van der Waals surface area contributed by atoms with E-state index in [4.69, 9.17) is 9.47 Å². The van der Waals surface area contributed by atoms with Crippen molar-refractivity contribution in [3.8, 4) is 11.5 Å². The molecule has 3 aliphatic rings. The second-order valence-corrected chi connectivity index (χ2v) is 10.7. The Morgan fingerprint density at radius 1 is 1.03 bits per heavy atom. The van der Waals surface area contributed by atoms with E-state index in [0.29, 0.717) is 12.3 Å². The standard InChI is InChI=1S/C27H30N2O3S/c30-27-15-22-14-25-24(31-18-32-25)13-20(22)7-11-29(27)17-19-4-3-9-28(16-19)10-8-23-12-21-5-1-2-6-26(21)33-23/h1-2,5-6,12-14,19H,3-4,7-11,15-18H2. The third kappa shape index (κ3) is 4.46. The Labute approximate surface area is 198 Å². The summed E-state index contributed by atoms with van der Waals surface area (Å²) in [5.74, 6) is 2.39. The molecular weight excluding hydrogens is 432 g/mol. The van der Waals surface area contributed by atoms with Crippen LogP contribution in [0.15, 0.2) is 42.5 Å². The van der Waals surface area contributed by atoms with Gasteiger partial charge in [-0.05, 0) is 78.9 Å². The van der Waals surface area contributed by atoms with Crippen LogP contribution in [0.1, 0.15) is 28.8 Å². The number of fused-ring (bicyclic) bond motifs is 3. The van der Waals surface area contributed by atoms with E-state index < -0.39 is 0 Å². The van der Waals surface area contributed by atoms with E-state index in [2.05, 4.69) is 46.2 Å². The summed E-state index contributed by atoms with van der Waals surface area (Å²) in [4.78, 5) is 19.3. The molecule has 0 N–H and O–H groups in total. The van der Waals surface area contributed by atoms with Gasteiger partial charge in [-0.2, -0.15) is 0 Å². The number of amides is 1. The number of likely N-dealkylation sites (tertiary alicyclic amines) is 1. The normalized spacial score (nSPS) is 20.8. The van der Waals surface area contributed by atoms with Crippen molar-refractivity contribution in [2.75, 3.05) is 39.5 Å². The van der Waals surface area contributed by atoms with Crippen molar-refractivity contribution in [3.63, 3.8) is 0 Å². The molecule has 1 atom stereocenters. The van der Waals surface area contributed by atoms with Crippen LogP contribution < -0.4 is 9.47 Å². The van der Waals surface area contributed by atoms with Gasteiger partial charge in [0.15, 0.2) is 11.5 Å². The van der Waals surface area contributed by atoms with Crippen LogP contribution in [0, 0.1) is 5.92 Å². The average molecular weight is 463 g/mol. The SMILES string of the molecule is O=C1Cc2cc3c(cc2CCN1CC1CCCN(CCc2cc4ccccc4s2)C1)OCO3. The number of thiophene rings is 1. The van der Waals surface area contributed by atoms with Gasteiger partial charge >= 0.3 is 0 Å². The zero-order valence-corrected chi connectivity index (χ0v) is 19.7. The smallest absolute Gasteiger partial charge is 0.231 e. The molecule has 2 aromatic carbocycles. The van der Waals surface area contributed by atoms with Gasteiger partial charge in [0.2, 0.25) is 12.7 Å². The minimum Gasteiger partial charge on any atom is -0.454 e. The van der Waals surface area contributed by atoms with E-state index in [1.54, 1.807) is 0 Å². The van der Waals surface area contributed by atoms with Crippen LogP contribution in [-0.2, 0) is 24.1 Å². The monoisotopic (exact) mass is 462 g/mol. The molecule has 1 amide bonds. The summed E-state index contributed by atoms with van der Waals surface area (Å²) in [6.07, 6.45) is 4.90. The number of piperidine rings is 1. The molecule has 0 aliphatic carbocycles. The Bertz CT molecular complexity index is 1140. The second-order valence-electron chi connectivity index (χ2n) is 9.55. The van der Waals surface area contributed by atoms with Gasteiger partial charge in [0, 0.05) is 35.8 Å². The molecule has 1 unspecified atom stereocenters. The summed E-state index contributed by atoms with van der Waals surface area (Å²) in [5, 5.41) is 1.36. The topological polar surface area (TPSA) is 42.0 Å². The average Bonchev–Trinajstić information content (AvgIpc) is 3.43. The van der Waals surface area contributed by atoms with Crippen molar-refractivity contribution in [3.05, 3.63) is 58.5 Å². The summed E-state index contributed by atoms with van der Waals surface area (Å²) >= 11 is 1.92. The van der Waals surface area contributed by atoms with Gasteiger partial charge in [-0.25, -0.2) is 0 Å². The summed E-state index contributed by atoms with van der Waals surface area (Å²) in [6.45, 7) is 5.32. The number of hydrogen-bond acceptors (Lipinski definition) is 5. The highest BCUT2D eigenvalue weighted by atomic mass is 32.1. The minimum absolute atomic E-state index is 0.245. The Hall–Kier alpha value is -2.57. The van der Waals surface area contributed by atoms with Gasteiger partial charge in [0.1, 0.15) is 0 Å². The maximum atomic E-state index is 13.1. The zero-order chi connectivity index (χ0) is 22.2. The van der Waals surface area contributed by atoms with Crippen LogP contribution in [0.3, 0.4) is 0 Å². The molecule has 3 aromatic rings. The van der Waals surface area contributed by atoms with E-state index in [1.807, 2.05) is 17.4 Å². The first-order valence-electron chi connectivity index (χ1n) is 12.1. The van der Waals surface area contributed by atoms with Gasteiger partial charge in [-0.3, -0.25) is 4.79 Å². The summed E-state index contributed by atoms with van der Waals surface area (Å²) in [5.41, 5.74) is 2.32. The zero-order valence-electron chi connectivity index (χ0n) is 18.9. The molecule has 172 valence electrons. The number of benzene rings is 2. The van der Waals surface area contributed by atoms with Crippen LogP contribution in [0.4, 0.5) is 0 Å². The molecule has 3 aliphatic heterocycles. The van der Waals surface area contributed by atoms with Gasteiger partial charge < -0.3 is 19.3 Å². The van der Waals surface area contributed by atoms with Gasteiger partial charge in [-0.15, -0.1) is 11.3 Å². The molecular formula is C27H30N2O3S. The van der Waals surface area contributed by atoms with Gasteiger partial charge in [0.05, 0.1) is 6.42 Å². The number of carbonyl (C=O) groups excluding carboxylic acids is 1. The molecule has 0 radical (unpaired) electrons. The number of hydrogen-bond donors (Lipinski definition) is 0. The van der Waals surface area contributed by atoms with E-state index >= 15 is 0 Å². The minimum atomic E-state index is 0.245. The first kappa shape index (κ1) is 21.0. The fourth-order valence-electron chi connectivity index (χ4n) is 5.51. The molecule has 6 rings (SSSR count). The van der Waals surface area contributed by atoms with E-state index in [-0.39, 0.29) is 12.7 Å². The summed E-state index contributed by atoms with van der Waals surface area (Å²) in [7, 11) is 0. The van der Waals surface area contributed by atoms with Crippen molar-refractivity contribution >= 4 is 27.3 Å². The lowest BCUT2D eigenvalue weighted by Gasteiger charge is -2.35. The number of ether oxygens (including phenoxy) is 2. The maximum Gasteiger partial charge on any atom is 0.231 e. The Morgan fingerprint density at radius 2 is 1.88 bits per heavy atom. The fraction of sp³-hybridized carbons (Fsp3) is 0.444. The van der Waals surface area contributed by atoms with E-state index in [1.165, 1.54) is 39.9 Å². The quantitative estimate of drug-likeness (QED) is 0.560. The van der Waals surface area contributed by atoms with Crippen LogP contribution in [0.5, 0.6) is 11.5 Å². The highest BCUT2D eigenvalue weighted by Gasteiger charge is 2.28. The molecule has 1 fully saturated rings. The molecule has 5 nitrogen and oxygen atoms in total. The summed E-state index contributed by atoms with van der Waals surface area (Å²) < 4.78 is 12.4. The highest BCUT2D eigenvalue weighted by Crippen LogP contribution is 2.36. The molecule has 0 bridgehead atoms. The van der Waals surface area contributed by atoms with Gasteiger partial charge in [-0.1, -0.05) is 18.2 Å². The third-order valence-electron chi connectivity index (χ3n) is 7.27. The van der Waals surface area contributed by atoms with Crippen LogP contribution >= 0.6 is 11.3 Å². The van der Waals surface area contributed by atoms with Crippen molar-refractivity contribution in [2.45, 2.75) is 32.1 Å². The highest BCUT2D eigenvalue weighted by molar-refractivity contribution is 7.19. The number of nitrogens with zero attached hydrogens (tertiary/aromatic N) is 2. The molecule has 1 saturated heterocycles. The van der Waals surface area contributed by atoms with Crippen LogP contribution in [0.25, 0.3) is 10.1 Å². The van der Waals surface area contributed by atoms with Crippen molar-refractivity contribution < 1.29 is 14.3 Å².